The van der Waals surface area contributed by atoms with Gasteiger partial charge in [0.2, 0.25) is 0 Å². The van der Waals surface area contributed by atoms with Crippen LogP contribution in [0.3, 0.4) is 0 Å². The third kappa shape index (κ3) is 2.88. The quantitative estimate of drug-likeness (QED) is 0.923. The van der Waals surface area contributed by atoms with Crippen molar-refractivity contribution < 1.29 is 19.0 Å². The van der Waals surface area contributed by atoms with Crippen molar-refractivity contribution >= 4 is 33.2 Å². The van der Waals surface area contributed by atoms with Gasteiger partial charge in [0.1, 0.15) is 23.7 Å². The number of carbonyl (C=O) groups is 1. The van der Waals surface area contributed by atoms with Crippen molar-refractivity contribution in [3.63, 3.8) is 0 Å². The van der Waals surface area contributed by atoms with Gasteiger partial charge in [0.15, 0.2) is 0 Å². The fraction of sp³-hybridized carbons (Fsp3) is 0.0833. The molecule has 0 fully saturated rings. The first-order valence-corrected chi connectivity index (χ1v) is 6.62. The van der Waals surface area contributed by atoms with E-state index >= 15 is 0 Å². The molecule has 0 atom stereocenters. The van der Waals surface area contributed by atoms with Gasteiger partial charge in [-0.2, -0.15) is 0 Å². The van der Waals surface area contributed by atoms with E-state index in [2.05, 4.69) is 15.9 Å². The Hall–Kier alpha value is -1.40. The second-order valence-corrected chi connectivity index (χ2v) is 5.28. The Morgan fingerprint density at radius 3 is 2.83 bits per heavy atom. The number of halogens is 2. The molecule has 0 amide bonds. The lowest BCUT2D eigenvalue weighted by Crippen LogP contribution is -2.03. The van der Waals surface area contributed by atoms with Gasteiger partial charge < -0.3 is 9.84 Å². The van der Waals surface area contributed by atoms with Crippen LogP contribution in [0, 0.1) is 5.82 Å². The minimum absolute atomic E-state index is 0.157. The van der Waals surface area contributed by atoms with Crippen LogP contribution in [0.5, 0.6) is 5.75 Å². The average molecular weight is 331 g/mol. The van der Waals surface area contributed by atoms with Crippen LogP contribution >= 0.6 is 27.3 Å². The molecule has 0 bridgehead atoms. The highest BCUT2D eigenvalue weighted by atomic mass is 79.9. The van der Waals surface area contributed by atoms with Crippen LogP contribution in [0.2, 0.25) is 0 Å². The Balaban J connectivity index is 2.19. The van der Waals surface area contributed by atoms with Crippen LogP contribution in [0.25, 0.3) is 0 Å². The molecule has 1 heterocycles. The highest BCUT2D eigenvalue weighted by Crippen LogP contribution is 2.26. The summed E-state index contributed by atoms with van der Waals surface area (Å²) in [5.41, 5.74) is -0.178. The Morgan fingerprint density at radius 1 is 1.44 bits per heavy atom. The van der Waals surface area contributed by atoms with Gasteiger partial charge in [-0.15, -0.1) is 11.3 Å². The molecule has 94 valence electrons. The van der Waals surface area contributed by atoms with Crippen molar-refractivity contribution in [2.75, 3.05) is 0 Å². The summed E-state index contributed by atoms with van der Waals surface area (Å²) in [6.07, 6.45) is 0. The number of carboxylic acid groups (broad SMARTS) is 1. The monoisotopic (exact) mass is 330 g/mol. The molecule has 2 rings (SSSR count). The van der Waals surface area contributed by atoms with E-state index in [1.165, 1.54) is 23.5 Å². The Labute approximate surface area is 115 Å². The molecule has 1 aromatic heterocycles. The molecule has 0 aliphatic heterocycles. The summed E-state index contributed by atoms with van der Waals surface area (Å²) in [7, 11) is 0. The topological polar surface area (TPSA) is 46.5 Å². The summed E-state index contributed by atoms with van der Waals surface area (Å²) >= 11 is 4.85. The number of carboxylic acids is 1. The summed E-state index contributed by atoms with van der Waals surface area (Å²) < 4.78 is 19.3. The van der Waals surface area contributed by atoms with Crippen LogP contribution in [0.1, 0.15) is 15.2 Å². The molecule has 0 saturated carbocycles. The fourth-order valence-corrected chi connectivity index (χ4v) is 2.74. The van der Waals surface area contributed by atoms with E-state index in [0.29, 0.717) is 0 Å². The number of benzene rings is 1. The highest BCUT2D eigenvalue weighted by Gasteiger charge is 2.13. The second kappa shape index (κ2) is 5.49. The van der Waals surface area contributed by atoms with Crippen molar-refractivity contribution in [2.24, 2.45) is 0 Å². The molecule has 2 aromatic rings. The number of thiophene rings is 1. The number of hydrogen-bond donors (Lipinski definition) is 1. The molecule has 0 aliphatic carbocycles. The molecule has 0 saturated heterocycles. The summed E-state index contributed by atoms with van der Waals surface area (Å²) in [5, 5.41) is 10.8. The van der Waals surface area contributed by atoms with Crippen molar-refractivity contribution in [2.45, 2.75) is 6.61 Å². The van der Waals surface area contributed by atoms with Crippen molar-refractivity contribution in [3.05, 3.63) is 50.4 Å². The maximum absolute atomic E-state index is 13.0. The molecule has 1 N–H and O–H groups in total. The third-order valence-corrected chi connectivity index (χ3v) is 4.12. The number of aromatic carboxylic acids is 1. The van der Waals surface area contributed by atoms with E-state index in [1.807, 2.05) is 11.4 Å². The lowest BCUT2D eigenvalue weighted by molar-refractivity contribution is 0.0691. The van der Waals surface area contributed by atoms with Crippen LogP contribution in [-0.2, 0) is 6.61 Å². The Bertz CT molecular complexity index is 582. The van der Waals surface area contributed by atoms with E-state index in [4.69, 9.17) is 9.84 Å². The van der Waals surface area contributed by atoms with Gasteiger partial charge in [-0.05, 0) is 45.6 Å². The predicted octanol–water partition coefficient (Wildman–Crippen LogP) is 3.93. The summed E-state index contributed by atoms with van der Waals surface area (Å²) in [6, 6.07) is 5.32. The van der Waals surface area contributed by atoms with Gasteiger partial charge in [-0.1, -0.05) is 0 Å². The predicted molar refractivity (Wildman–Crippen MR) is 69.7 cm³/mol. The molecule has 0 radical (unpaired) electrons. The fourth-order valence-electron chi connectivity index (χ4n) is 1.37. The van der Waals surface area contributed by atoms with Crippen molar-refractivity contribution in [1.82, 2.24) is 0 Å². The first-order valence-electron chi connectivity index (χ1n) is 4.95. The van der Waals surface area contributed by atoms with Crippen LogP contribution in [-0.4, -0.2) is 11.1 Å². The first-order chi connectivity index (χ1) is 8.58. The van der Waals surface area contributed by atoms with Crippen LogP contribution in [0.15, 0.2) is 34.1 Å². The number of hydrogen-bond acceptors (Lipinski definition) is 3. The Morgan fingerprint density at radius 2 is 2.22 bits per heavy atom. The molecule has 0 aliphatic rings. The molecule has 1 aromatic carbocycles. The molecular weight excluding hydrogens is 323 g/mol. The molecule has 0 unspecified atom stereocenters. The smallest absolute Gasteiger partial charge is 0.339 e. The largest absolute Gasteiger partial charge is 0.487 e. The van der Waals surface area contributed by atoms with Crippen LogP contribution in [0.4, 0.5) is 4.39 Å². The number of rotatable bonds is 4. The van der Waals surface area contributed by atoms with E-state index < -0.39 is 11.8 Å². The summed E-state index contributed by atoms with van der Waals surface area (Å²) in [6.45, 7) is 0.240. The average Bonchev–Trinajstić information content (AvgIpc) is 2.73. The molecular formula is C12H8BrFO3S. The SMILES string of the molecule is O=C(O)c1cc(F)ccc1OCc1sccc1Br. The molecule has 3 nitrogen and oxygen atoms in total. The van der Waals surface area contributed by atoms with Crippen molar-refractivity contribution in [3.8, 4) is 5.75 Å². The first kappa shape index (κ1) is 13.0. The van der Waals surface area contributed by atoms with Gasteiger partial charge in [-0.25, -0.2) is 9.18 Å². The second-order valence-electron chi connectivity index (χ2n) is 3.43. The molecule has 0 spiro atoms. The van der Waals surface area contributed by atoms with Gasteiger partial charge >= 0.3 is 5.97 Å². The van der Waals surface area contributed by atoms with Gasteiger partial charge in [0.05, 0.1) is 4.88 Å². The lowest BCUT2D eigenvalue weighted by atomic mass is 10.2. The standard InChI is InChI=1S/C12H8BrFO3S/c13-9-3-4-18-11(9)6-17-10-2-1-7(14)5-8(10)12(15)16/h1-5H,6H2,(H,15,16). The van der Waals surface area contributed by atoms with E-state index in [0.717, 1.165) is 15.4 Å². The van der Waals surface area contributed by atoms with Crippen LogP contribution < -0.4 is 4.74 Å². The zero-order valence-corrected chi connectivity index (χ0v) is 11.4. The normalized spacial score (nSPS) is 10.3. The molecule has 6 heteroatoms. The van der Waals surface area contributed by atoms with E-state index in [1.54, 1.807) is 0 Å². The van der Waals surface area contributed by atoms with Crippen molar-refractivity contribution in [1.29, 1.82) is 0 Å². The third-order valence-electron chi connectivity index (χ3n) is 2.22. The Kier molecular flexibility index (Phi) is 3.98. The van der Waals surface area contributed by atoms with Gasteiger partial charge in [0, 0.05) is 4.47 Å². The van der Waals surface area contributed by atoms with Gasteiger partial charge in [-0.3, -0.25) is 0 Å². The van der Waals surface area contributed by atoms with E-state index in [-0.39, 0.29) is 17.9 Å². The summed E-state index contributed by atoms with van der Waals surface area (Å²) in [5.74, 6) is -1.66. The van der Waals surface area contributed by atoms with Gasteiger partial charge in [0.25, 0.3) is 0 Å². The maximum Gasteiger partial charge on any atom is 0.339 e. The zero-order chi connectivity index (χ0) is 13.1. The number of ether oxygens (including phenoxy) is 1. The minimum Gasteiger partial charge on any atom is -0.487 e. The van der Waals surface area contributed by atoms with E-state index in [9.17, 15) is 9.18 Å². The lowest BCUT2D eigenvalue weighted by Gasteiger charge is -2.08. The maximum atomic E-state index is 13.0. The molecule has 18 heavy (non-hydrogen) atoms. The zero-order valence-electron chi connectivity index (χ0n) is 9.02. The highest BCUT2D eigenvalue weighted by molar-refractivity contribution is 9.10. The minimum atomic E-state index is -1.21. The summed E-state index contributed by atoms with van der Waals surface area (Å²) in [4.78, 5) is 11.9.